The molecule has 2 heteroatoms. The van der Waals surface area contributed by atoms with Gasteiger partial charge in [-0.2, -0.15) is 5.26 Å². The molecule has 0 spiro atoms. The van der Waals surface area contributed by atoms with Gasteiger partial charge in [0.05, 0.1) is 6.07 Å². The average molecular weight is 198 g/mol. The largest absolute Gasteiger partial charge is 0.361 e. The molecule has 0 saturated heterocycles. The summed E-state index contributed by atoms with van der Waals surface area (Å²) in [6, 6.07) is 6.46. The molecule has 1 aromatic heterocycles. The third-order valence-electron chi connectivity index (χ3n) is 2.98. The molecule has 2 aromatic rings. The summed E-state index contributed by atoms with van der Waals surface area (Å²) in [7, 11) is 0. The number of nitrogens with one attached hydrogen (secondary N) is 1. The number of nitrogens with zero attached hydrogens (tertiary/aromatic N) is 1. The van der Waals surface area contributed by atoms with Crippen LogP contribution in [0, 0.1) is 25.2 Å². The van der Waals surface area contributed by atoms with Crippen LogP contribution in [0.1, 0.15) is 23.1 Å². The fourth-order valence-corrected chi connectivity index (χ4v) is 1.90. The van der Waals surface area contributed by atoms with E-state index >= 15 is 0 Å². The van der Waals surface area contributed by atoms with Crippen LogP contribution >= 0.6 is 0 Å². The number of benzene rings is 1. The summed E-state index contributed by atoms with van der Waals surface area (Å²) < 4.78 is 0. The summed E-state index contributed by atoms with van der Waals surface area (Å²) >= 11 is 0. The third kappa shape index (κ3) is 1.61. The van der Waals surface area contributed by atoms with E-state index in [1.54, 1.807) is 0 Å². The second-order valence-corrected chi connectivity index (χ2v) is 3.90. The average Bonchev–Trinajstić information content (AvgIpc) is 2.64. The summed E-state index contributed by atoms with van der Waals surface area (Å²) in [4.78, 5) is 3.30. The molecule has 0 fully saturated rings. The SMILES string of the molecule is Cc1ccc2c(CCC#N)c[nH]c2c1C. The van der Waals surface area contributed by atoms with Gasteiger partial charge in [0.1, 0.15) is 0 Å². The maximum absolute atomic E-state index is 8.58. The van der Waals surface area contributed by atoms with Crippen molar-refractivity contribution < 1.29 is 0 Å². The molecular formula is C13H14N2. The van der Waals surface area contributed by atoms with Crippen molar-refractivity contribution in [1.82, 2.24) is 4.98 Å². The van der Waals surface area contributed by atoms with E-state index < -0.39 is 0 Å². The Morgan fingerprint density at radius 2 is 2.13 bits per heavy atom. The lowest BCUT2D eigenvalue weighted by Crippen LogP contribution is -1.84. The van der Waals surface area contributed by atoms with Crippen molar-refractivity contribution >= 4 is 10.9 Å². The number of hydrogen-bond donors (Lipinski definition) is 1. The Morgan fingerprint density at radius 3 is 2.87 bits per heavy atom. The molecule has 0 aliphatic heterocycles. The lowest BCUT2D eigenvalue weighted by Gasteiger charge is -2.01. The molecule has 0 aliphatic carbocycles. The number of hydrogen-bond acceptors (Lipinski definition) is 1. The maximum Gasteiger partial charge on any atom is 0.0625 e. The predicted molar refractivity (Wildman–Crippen MR) is 61.7 cm³/mol. The molecular weight excluding hydrogens is 184 g/mol. The van der Waals surface area contributed by atoms with E-state index in [4.69, 9.17) is 5.26 Å². The van der Waals surface area contributed by atoms with Gasteiger partial charge in [-0.05, 0) is 37.0 Å². The predicted octanol–water partition coefficient (Wildman–Crippen LogP) is 3.24. The van der Waals surface area contributed by atoms with Crippen LogP contribution in [0.3, 0.4) is 0 Å². The molecule has 0 aliphatic rings. The Hall–Kier alpha value is -1.75. The zero-order valence-corrected chi connectivity index (χ0v) is 9.09. The lowest BCUT2D eigenvalue weighted by molar-refractivity contribution is 1.02. The second-order valence-electron chi connectivity index (χ2n) is 3.90. The highest BCUT2D eigenvalue weighted by molar-refractivity contribution is 5.86. The number of nitriles is 1. The van der Waals surface area contributed by atoms with Gasteiger partial charge in [-0.1, -0.05) is 12.1 Å². The number of aromatic amines is 1. The molecule has 1 N–H and O–H groups in total. The minimum atomic E-state index is 0.583. The Labute approximate surface area is 89.5 Å². The molecule has 0 unspecified atom stereocenters. The molecule has 15 heavy (non-hydrogen) atoms. The summed E-state index contributed by atoms with van der Waals surface area (Å²) in [5, 5.41) is 9.83. The van der Waals surface area contributed by atoms with Gasteiger partial charge in [-0.15, -0.1) is 0 Å². The molecule has 0 amide bonds. The van der Waals surface area contributed by atoms with Gasteiger partial charge in [-0.3, -0.25) is 0 Å². The summed E-state index contributed by atoms with van der Waals surface area (Å²) in [6.07, 6.45) is 3.44. The van der Waals surface area contributed by atoms with E-state index in [1.807, 2.05) is 6.20 Å². The molecule has 0 radical (unpaired) electrons. The lowest BCUT2D eigenvalue weighted by atomic mass is 10.0. The first-order chi connectivity index (χ1) is 7.24. The molecule has 2 nitrogen and oxygen atoms in total. The van der Waals surface area contributed by atoms with Gasteiger partial charge in [0, 0.05) is 23.5 Å². The smallest absolute Gasteiger partial charge is 0.0625 e. The van der Waals surface area contributed by atoms with E-state index in [2.05, 4.69) is 37.0 Å². The van der Waals surface area contributed by atoms with Gasteiger partial charge in [0.15, 0.2) is 0 Å². The van der Waals surface area contributed by atoms with E-state index in [0.717, 1.165) is 6.42 Å². The molecule has 76 valence electrons. The van der Waals surface area contributed by atoms with Crippen LogP contribution in [-0.2, 0) is 6.42 Å². The van der Waals surface area contributed by atoms with Crippen LogP contribution in [0.5, 0.6) is 0 Å². The molecule has 1 heterocycles. The highest BCUT2D eigenvalue weighted by Gasteiger charge is 2.06. The van der Waals surface area contributed by atoms with Gasteiger partial charge in [-0.25, -0.2) is 0 Å². The topological polar surface area (TPSA) is 39.6 Å². The molecule has 1 aromatic carbocycles. The van der Waals surface area contributed by atoms with Crippen molar-refractivity contribution in [3.63, 3.8) is 0 Å². The zero-order valence-electron chi connectivity index (χ0n) is 9.09. The molecule has 2 rings (SSSR count). The third-order valence-corrected chi connectivity index (χ3v) is 2.98. The van der Waals surface area contributed by atoms with E-state index in [-0.39, 0.29) is 0 Å². The summed E-state index contributed by atoms with van der Waals surface area (Å²) in [6.45, 7) is 4.24. The van der Waals surface area contributed by atoms with Crippen LogP contribution in [0.25, 0.3) is 10.9 Å². The van der Waals surface area contributed by atoms with Crippen molar-refractivity contribution in [2.75, 3.05) is 0 Å². The van der Waals surface area contributed by atoms with Crippen molar-refractivity contribution in [2.24, 2.45) is 0 Å². The number of fused-ring (bicyclic) bond motifs is 1. The van der Waals surface area contributed by atoms with Gasteiger partial charge >= 0.3 is 0 Å². The Bertz CT molecular complexity index is 529. The summed E-state index contributed by atoms with van der Waals surface area (Å²) in [5.74, 6) is 0. The standard InChI is InChI=1S/C13H14N2/c1-9-5-6-12-11(4-3-7-14)8-15-13(12)10(9)2/h5-6,8,15H,3-4H2,1-2H3. The first kappa shape index (κ1) is 9.79. The Kier molecular flexibility index (Phi) is 2.47. The highest BCUT2D eigenvalue weighted by atomic mass is 14.7. The fraction of sp³-hybridized carbons (Fsp3) is 0.308. The van der Waals surface area contributed by atoms with E-state index in [1.165, 1.54) is 27.6 Å². The van der Waals surface area contributed by atoms with Crippen molar-refractivity contribution in [3.05, 3.63) is 35.0 Å². The minimum absolute atomic E-state index is 0.583. The van der Waals surface area contributed by atoms with E-state index in [0.29, 0.717) is 6.42 Å². The normalized spacial score (nSPS) is 10.5. The quantitative estimate of drug-likeness (QED) is 0.790. The highest BCUT2D eigenvalue weighted by Crippen LogP contribution is 2.24. The number of aromatic nitrogens is 1. The minimum Gasteiger partial charge on any atom is -0.361 e. The monoisotopic (exact) mass is 198 g/mol. The van der Waals surface area contributed by atoms with Gasteiger partial charge in [0.2, 0.25) is 0 Å². The first-order valence-electron chi connectivity index (χ1n) is 5.17. The molecule has 0 atom stereocenters. The fourth-order valence-electron chi connectivity index (χ4n) is 1.90. The zero-order chi connectivity index (χ0) is 10.8. The number of aryl methyl sites for hydroxylation is 3. The van der Waals surface area contributed by atoms with Crippen LogP contribution in [0.4, 0.5) is 0 Å². The molecule has 0 saturated carbocycles. The van der Waals surface area contributed by atoms with Gasteiger partial charge in [0.25, 0.3) is 0 Å². The maximum atomic E-state index is 8.58. The Morgan fingerprint density at radius 1 is 1.33 bits per heavy atom. The van der Waals surface area contributed by atoms with Gasteiger partial charge < -0.3 is 4.98 Å². The summed E-state index contributed by atoms with van der Waals surface area (Å²) in [5.41, 5.74) is 5.06. The van der Waals surface area contributed by atoms with Crippen molar-refractivity contribution in [1.29, 1.82) is 5.26 Å². The van der Waals surface area contributed by atoms with Crippen LogP contribution in [-0.4, -0.2) is 4.98 Å². The number of H-pyrrole nitrogens is 1. The second kappa shape index (κ2) is 3.78. The molecule has 0 bridgehead atoms. The number of rotatable bonds is 2. The van der Waals surface area contributed by atoms with Crippen molar-refractivity contribution in [3.8, 4) is 6.07 Å². The van der Waals surface area contributed by atoms with Crippen LogP contribution < -0.4 is 0 Å². The van der Waals surface area contributed by atoms with Crippen molar-refractivity contribution in [2.45, 2.75) is 26.7 Å². The first-order valence-corrected chi connectivity index (χ1v) is 5.17. The van der Waals surface area contributed by atoms with Crippen LogP contribution in [0.2, 0.25) is 0 Å². The van der Waals surface area contributed by atoms with E-state index in [9.17, 15) is 0 Å². The Balaban J connectivity index is 2.53. The van der Waals surface area contributed by atoms with Crippen LogP contribution in [0.15, 0.2) is 18.3 Å².